The van der Waals surface area contributed by atoms with E-state index in [1.165, 1.54) is 6.33 Å². The smallest absolute Gasteiger partial charge is 0.226 e. The SMILES string of the molecule is CCc1cc([C@H]2O[C@@H](n3cnc4c(NCC(c5ccccc5)c5ccccc5)nc(NCCN=C(N)N)nc43)[C@H](O)[C@@H]2O)on1. The van der Waals surface area contributed by atoms with E-state index in [1.807, 2.05) is 43.3 Å². The number of hydrogen-bond donors (Lipinski definition) is 6. The van der Waals surface area contributed by atoms with Crippen LogP contribution in [0.25, 0.3) is 11.2 Å². The van der Waals surface area contributed by atoms with Crippen molar-refractivity contribution in [2.75, 3.05) is 30.3 Å². The van der Waals surface area contributed by atoms with Crippen molar-refractivity contribution in [3.8, 4) is 0 Å². The molecule has 1 fully saturated rings. The van der Waals surface area contributed by atoms with Crippen molar-refractivity contribution >= 4 is 28.9 Å². The minimum absolute atomic E-state index is 0.0141. The van der Waals surface area contributed by atoms with Crippen LogP contribution in [-0.2, 0) is 11.2 Å². The van der Waals surface area contributed by atoms with E-state index < -0.39 is 24.5 Å². The highest BCUT2D eigenvalue weighted by Gasteiger charge is 2.47. The Hall–Kier alpha value is -5.05. The Bertz CT molecular complexity index is 1700. The number of rotatable bonds is 12. The molecule has 4 heterocycles. The summed E-state index contributed by atoms with van der Waals surface area (Å²) in [7, 11) is 0. The normalized spacial score (nSPS) is 19.6. The molecule has 1 saturated heterocycles. The predicted molar refractivity (Wildman–Crippen MR) is 168 cm³/mol. The first kappa shape index (κ1) is 30.0. The molecule has 0 bridgehead atoms. The summed E-state index contributed by atoms with van der Waals surface area (Å²) in [4.78, 5) is 18.0. The number of nitrogens with two attached hydrogens (primary N) is 2. The van der Waals surface area contributed by atoms with Gasteiger partial charge in [-0.15, -0.1) is 0 Å². The standard InChI is InChI=1S/C31H36N10O4/c1-2-20-15-22(45-40-20)26-24(42)25(43)29(44-26)41-17-37-23-27(38-31(39-28(23)41)35-14-13-34-30(32)33)36-16-21(18-9-5-3-6-10-18)19-11-7-4-8-12-19/h3-12,15,17,21,24-26,29,42-43H,2,13-14,16H2,1H3,(H4,32,33,34)(H2,35,36,38,39)/t24-,25+,26+,29+/m0/s1. The van der Waals surface area contributed by atoms with Crippen molar-refractivity contribution in [3.63, 3.8) is 0 Å². The summed E-state index contributed by atoms with van der Waals surface area (Å²) in [6, 6.07) is 22.2. The number of fused-ring (bicyclic) bond motifs is 1. The van der Waals surface area contributed by atoms with Gasteiger partial charge in [0.1, 0.15) is 18.3 Å². The van der Waals surface area contributed by atoms with Crippen LogP contribution in [0.3, 0.4) is 0 Å². The Kier molecular flexibility index (Phi) is 8.86. The summed E-state index contributed by atoms with van der Waals surface area (Å²) in [6.45, 7) is 3.13. The molecule has 0 unspecified atom stereocenters. The molecule has 1 aliphatic rings. The van der Waals surface area contributed by atoms with Crippen molar-refractivity contribution in [3.05, 3.63) is 95.6 Å². The van der Waals surface area contributed by atoms with Crippen LogP contribution in [0.15, 0.2) is 82.6 Å². The Labute approximate surface area is 259 Å². The second kappa shape index (κ2) is 13.3. The zero-order valence-electron chi connectivity index (χ0n) is 24.7. The summed E-state index contributed by atoms with van der Waals surface area (Å²) >= 11 is 0. The van der Waals surface area contributed by atoms with Crippen molar-refractivity contribution < 1.29 is 19.5 Å². The molecular weight excluding hydrogens is 576 g/mol. The van der Waals surface area contributed by atoms with Crippen LogP contribution >= 0.6 is 0 Å². The van der Waals surface area contributed by atoms with Gasteiger partial charge in [0.05, 0.1) is 18.6 Å². The molecule has 0 aliphatic carbocycles. The highest BCUT2D eigenvalue weighted by molar-refractivity contribution is 5.84. The molecule has 45 heavy (non-hydrogen) atoms. The summed E-state index contributed by atoms with van der Waals surface area (Å²) in [5.74, 6) is 1.11. The van der Waals surface area contributed by atoms with Gasteiger partial charge in [-0.25, -0.2) is 4.98 Å². The quantitative estimate of drug-likeness (QED) is 0.0681. The van der Waals surface area contributed by atoms with Crippen LogP contribution in [0.2, 0.25) is 0 Å². The van der Waals surface area contributed by atoms with Crippen molar-refractivity contribution in [2.45, 2.75) is 43.8 Å². The summed E-state index contributed by atoms with van der Waals surface area (Å²) in [5, 5.41) is 32.6. The number of guanidine groups is 1. The monoisotopic (exact) mass is 612 g/mol. The first-order chi connectivity index (χ1) is 21.9. The molecule has 0 saturated carbocycles. The molecule has 0 radical (unpaired) electrons. The number of hydrogen-bond acceptors (Lipinski definition) is 11. The van der Waals surface area contributed by atoms with Gasteiger partial charge in [-0.1, -0.05) is 72.7 Å². The van der Waals surface area contributed by atoms with Gasteiger partial charge >= 0.3 is 0 Å². The van der Waals surface area contributed by atoms with Crippen LogP contribution in [0, 0.1) is 0 Å². The lowest BCUT2D eigenvalue weighted by Crippen LogP contribution is -2.29. The fraction of sp³-hybridized carbons (Fsp3) is 0.323. The lowest BCUT2D eigenvalue weighted by Gasteiger charge is -2.20. The van der Waals surface area contributed by atoms with Crippen molar-refractivity contribution in [1.82, 2.24) is 24.7 Å². The summed E-state index contributed by atoms with van der Waals surface area (Å²) in [5.41, 5.74) is 14.8. The Morgan fingerprint density at radius 1 is 1.00 bits per heavy atom. The number of aliphatic imine (C=N–C) groups is 1. The number of anilines is 2. The second-order valence-corrected chi connectivity index (χ2v) is 10.7. The molecule has 8 N–H and O–H groups in total. The molecule has 5 aromatic rings. The predicted octanol–water partition coefficient (Wildman–Crippen LogP) is 2.30. The highest BCUT2D eigenvalue weighted by Crippen LogP contribution is 2.40. The number of benzene rings is 2. The maximum atomic E-state index is 11.1. The van der Waals surface area contributed by atoms with Gasteiger partial charge in [-0.2, -0.15) is 9.97 Å². The number of aliphatic hydroxyl groups is 2. The van der Waals surface area contributed by atoms with Crippen LogP contribution in [0.4, 0.5) is 11.8 Å². The molecule has 14 nitrogen and oxygen atoms in total. The number of nitrogens with one attached hydrogen (secondary N) is 2. The lowest BCUT2D eigenvalue weighted by atomic mass is 9.91. The molecule has 14 heteroatoms. The highest BCUT2D eigenvalue weighted by atomic mass is 16.6. The van der Waals surface area contributed by atoms with E-state index in [4.69, 9.17) is 30.7 Å². The van der Waals surface area contributed by atoms with Gasteiger partial charge in [0.2, 0.25) is 5.95 Å². The summed E-state index contributed by atoms with van der Waals surface area (Å²) < 4.78 is 13.1. The number of aromatic nitrogens is 5. The Balaban J connectivity index is 1.33. The van der Waals surface area contributed by atoms with Gasteiger partial charge in [0.15, 0.2) is 34.9 Å². The maximum Gasteiger partial charge on any atom is 0.226 e. The van der Waals surface area contributed by atoms with Crippen molar-refractivity contribution in [1.29, 1.82) is 0 Å². The van der Waals surface area contributed by atoms with Crippen LogP contribution < -0.4 is 22.1 Å². The van der Waals surface area contributed by atoms with E-state index in [9.17, 15) is 10.2 Å². The molecule has 2 aromatic carbocycles. The molecule has 0 amide bonds. The van der Waals surface area contributed by atoms with Crippen molar-refractivity contribution in [2.24, 2.45) is 16.5 Å². The first-order valence-corrected chi connectivity index (χ1v) is 14.8. The maximum absolute atomic E-state index is 11.1. The van der Waals surface area contributed by atoms with Crippen LogP contribution in [-0.4, -0.2) is 72.7 Å². The zero-order chi connectivity index (χ0) is 31.3. The number of aryl methyl sites for hydroxylation is 1. The van der Waals surface area contributed by atoms with Crippen LogP contribution in [0.5, 0.6) is 0 Å². The molecule has 3 aromatic heterocycles. The van der Waals surface area contributed by atoms with Gasteiger partial charge in [-0.3, -0.25) is 9.56 Å². The number of imidazole rings is 1. The van der Waals surface area contributed by atoms with E-state index in [-0.39, 0.29) is 11.9 Å². The van der Waals surface area contributed by atoms with Gasteiger partial charge < -0.3 is 41.6 Å². The number of nitrogens with zero attached hydrogens (tertiary/aromatic N) is 6. The fourth-order valence-electron chi connectivity index (χ4n) is 5.41. The Morgan fingerprint density at radius 3 is 2.36 bits per heavy atom. The third-order valence-corrected chi connectivity index (χ3v) is 7.72. The minimum Gasteiger partial charge on any atom is -0.387 e. The van der Waals surface area contributed by atoms with E-state index in [0.717, 1.165) is 16.8 Å². The van der Waals surface area contributed by atoms with Gasteiger partial charge in [0.25, 0.3) is 0 Å². The van der Waals surface area contributed by atoms with E-state index >= 15 is 0 Å². The number of aliphatic hydroxyl groups excluding tert-OH is 2. The molecule has 4 atom stereocenters. The third-order valence-electron chi connectivity index (χ3n) is 7.72. The summed E-state index contributed by atoms with van der Waals surface area (Å²) in [6.07, 6.45) is -2.33. The Morgan fingerprint density at radius 2 is 1.71 bits per heavy atom. The molecule has 234 valence electrons. The molecule has 0 spiro atoms. The van der Waals surface area contributed by atoms with Gasteiger partial charge in [-0.05, 0) is 17.5 Å². The van der Waals surface area contributed by atoms with Gasteiger partial charge in [0, 0.05) is 25.1 Å². The number of ether oxygens (including phenoxy) is 1. The first-order valence-electron chi connectivity index (χ1n) is 14.8. The average molecular weight is 613 g/mol. The minimum atomic E-state index is -1.30. The topological polar surface area (TPSA) is 208 Å². The average Bonchev–Trinajstić information content (AvgIpc) is 3.78. The van der Waals surface area contributed by atoms with E-state index in [0.29, 0.717) is 54.7 Å². The fourth-order valence-corrected chi connectivity index (χ4v) is 5.41. The van der Waals surface area contributed by atoms with E-state index in [2.05, 4.69) is 50.0 Å². The molecular formula is C31H36N10O4. The lowest BCUT2D eigenvalue weighted by molar-refractivity contribution is -0.0434. The van der Waals surface area contributed by atoms with Crippen LogP contribution in [0.1, 0.15) is 47.8 Å². The van der Waals surface area contributed by atoms with E-state index in [1.54, 1.807) is 10.6 Å². The third kappa shape index (κ3) is 6.43. The second-order valence-electron chi connectivity index (χ2n) is 10.7. The molecule has 1 aliphatic heterocycles. The zero-order valence-corrected chi connectivity index (χ0v) is 24.7. The largest absolute Gasteiger partial charge is 0.387 e. The molecule has 6 rings (SSSR count).